The molecule has 1 N–H and O–H groups in total. The van der Waals surface area contributed by atoms with Crippen LogP contribution in [0.15, 0.2) is 12.3 Å². The average Bonchev–Trinajstić information content (AvgIpc) is 2.67. The van der Waals surface area contributed by atoms with Gasteiger partial charge in [0.2, 0.25) is 0 Å². The van der Waals surface area contributed by atoms with Crippen molar-refractivity contribution in [2.45, 2.75) is 13.3 Å². The molecule has 0 bridgehead atoms. The molecule has 1 rings (SSSR count). The fraction of sp³-hybridized carbons (Fsp3) is 0.417. The second kappa shape index (κ2) is 5.48. The van der Waals surface area contributed by atoms with E-state index >= 15 is 0 Å². The van der Waals surface area contributed by atoms with E-state index in [9.17, 15) is 14.4 Å². The van der Waals surface area contributed by atoms with E-state index in [1.807, 2.05) is 0 Å². The number of hydrogen-bond acceptors (Lipinski definition) is 3. The van der Waals surface area contributed by atoms with Crippen molar-refractivity contribution >= 4 is 17.7 Å². The van der Waals surface area contributed by atoms with Crippen molar-refractivity contribution in [1.29, 1.82) is 0 Å². The Morgan fingerprint density at radius 1 is 1.39 bits per heavy atom. The third-order valence-electron chi connectivity index (χ3n) is 2.64. The molecule has 18 heavy (non-hydrogen) atoms. The van der Waals surface area contributed by atoms with Crippen molar-refractivity contribution < 1.29 is 19.5 Å². The molecule has 0 saturated carbocycles. The molecule has 1 amide bonds. The Hall–Kier alpha value is -2.11. The summed E-state index contributed by atoms with van der Waals surface area (Å²) in [5.74, 6) is -1.37. The van der Waals surface area contributed by atoms with Gasteiger partial charge in [0.05, 0.1) is 6.42 Å². The Morgan fingerprint density at radius 3 is 2.44 bits per heavy atom. The number of carbonyl (C=O) groups is 3. The molecular weight excluding hydrogens is 236 g/mol. The van der Waals surface area contributed by atoms with Crippen molar-refractivity contribution in [3.63, 3.8) is 0 Å². The number of nitrogens with zero attached hydrogens (tertiary/aromatic N) is 2. The summed E-state index contributed by atoms with van der Waals surface area (Å²) in [6, 6.07) is 1.52. The summed E-state index contributed by atoms with van der Waals surface area (Å²) in [7, 11) is 3.20. The van der Waals surface area contributed by atoms with Gasteiger partial charge in [-0.15, -0.1) is 0 Å². The first kappa shape index (κ1) is 14.0. The number of aryl methyl sites for hydroxylation is 1. The monoisotopic (exact) mass is 252 g/mol. The summed E-state index contributed by atoms with van der Waals surface area (Å²) in [4.78, 5) is 35.0. The van der Waals surface area contributed by atoms with Crippen LogP contribution >= 0.6 is 0 Å². The van der Waals surface area contributed by atoms with Crippen LogP contribution in [0, 0.1) is 0 Å². The van der Waals surface area contributed by atoms with Crippen LogP contribution in [0.4, 0.5) is 0 Å². The molecule has 1 aromatic heterocycles. The number of carboxylic acid groups (broad SMARTS) is 1. The zero-order valence-electron chi connectivity index (χ0n) is 10.6. The minimum absolute atomic E-state index is 0.105. The van der Waals surface area contributed by atoms with E-state index in [2.05, 4.69) is 0 Å². The molecule has 0 unspecified atom stereocenters. The van der Waals surface area contributed by atoms with Gasteiger partial charge >= 0.3 is 5.97 Å². The normalized spacial score (nSPS) is 10.2. The van der Waals surface area contributed by atoms with Gasteiger partial charge in [0.1, 0.15) is 5.69 Å². The van der Waals surface area contributed by atoms with Crippen LogP contribution in [0.25, 0.3) is 0 Å². The summed E-state index contributed by atoms with van der Waals surface area (Å²) in [5, 5.41) is 8.56. The van der Waals surface area contributed by atoms with Crippen LogP contribution in [0.3, 0.4) is 0 Å². The minimum atomic E-state index is -0.953. The third kappa shape index (κ3) is 3.19. The van der Waals surface area contributed by atoms with Crippen LogP contribution in [0.2, 0.25) is 0 Å². The number of aliphatic carboxylic acids is 1. The fourth-order valence-electron chi connectivity index (χ4n) is 1.53. The Balaban J connectivity index is 2.83. The topological polar surface area (TPSA) is 79.6 Å². The van der Waals surface area contributed by atoms with Gasteiger partial charge in [-0.25, -0.2) is 0 Å². The lowest BCUT2D eigenvalue weighted by atomic mass is 10.2. The van der Waals surface area contributed by atoms with E-state index in [1.165, 1.54) is 24.9 Å². The molecule has 0 atom stereocenters. The maximum absolute atomic E-state index is 12.0. The largest absolute Gasteiger partial charge is 0.481 e. The van der Waals surface area contributed by atoms with Crippen molar-refractivity contribution in [2.24, 2.45) is 7.05 Å². The predicted octanol–water partition coefficient (Wildman–Crippen LogP) is 0.774. The first-order chi connectivity index (χ1) is 8.32. The minimum Gasteiger partial charge on any atom is -0.481 e. The van der Waals surface area contributed by atoms with Gasteiger partial charge in [-0.1, -0.05) is 0 Å². The molecule has 0 aliphatic rings. The highest BCUT2D eigenvalue weighted by molar-refractivity contribution is 5.99. The first-order valence-electron chi connectivity index (χ1n) is 5.47. The lowest BCUT2D eigenvalue weighted by molar-refractivity contribution is -0.137. The number of amides is 1. The predicted molar refractivity (Wildman–Crippen MR) is 64.6 cm³/mol. The molecule has 6 nitrogen and oxygen atoms in total. The molecular formula is C12H16N2O4. The lowest BCUT2D eigenvalue weighted by Gasteiger charge is -2.16. The Morgan fingerprint density at radius 2 is 2.00 bits per heavy atom. The lowest BCUT2D eigenvalue weighted by Crippen LogP contribution is -2.30. The number of carboxylic acids is 1. The smallest absolute Gasteiger partial charge is 0.305 e. The summed E-state index contributed by atoms with van der Waals surface area (Å²) in [5.41, 5.74) is 0.834. The highest BCUT2D eigenvalue weighted by Crippen LogP contribution is 2.10. The van der Waals surface area contributed by atoms with E-state index < -0.39 is 5.97 Å². The number of aromatic nitrogens is 1. The summed E-state index contributed by atoms with van der Waals surface area (Å²) >= 11 is 0. The van der Waals surface area contributed by atoms with Crippen LogP contribution < -0.4 is 0 Å². The molecule has 0 aliphatic heterocycles. The molecule has 6 heteroatoms. The van der Waals surface area contributed by atoms with E-state index in [4.69, 9.17) is 5.11 Å². The van der Waals surface area contributed by atoms with Gasteiger partial charge in [0.25, 0.3) is 5.91 Å². The Bertz CT molecular complexity index is 490. The van der Waals surface area contributed by atoms with Gasteiger partial charge in [-0.05, 0) is 13.0 Å². The van der Waals surface area contributed by atoms with Gasteiger partial charge in [0.15, 0.2) is 5.78 Å². The quantitative estimate of drug-likeness (QED) is 0.785. The standard InChI is InChI=1S/C12H16N2O4/c1-8(15)9-6-10(14(3)7-9)12(18)13(2)5-4-11(16)17/h6-7H,4-5H2,1-3H3,(H,16,17). The fourth-order valence-corrected chi connectivity index (χ4v) is 1.53. The van der Waals surface area contributed by atoms with E-state index in [1.54, 1.807) is 17.8 Å². The molecule has 98 valence electrons. The average molecular weight is 252 g/mol. The summed E-state index contributed by atoms with van der Waals surface area (Å²) in [6.45, 7) is 1.56. The van der Waals surface area contributed by atoms with Crippen LogP contribution in [0.5, 0.6) is 0 Å². The van der Waals surface area contributed by atoms with E-state index in [-0.39, 0.29) is 24.7 Å². The van der Waals surface area contributed by atoms with E-state index in [0.717, 1.165) is 0 Å². The SMILES string of the molecule is CC(=O)c1cc(C(=O)N(C)CCC(=O)O)n(C)c1. The number of ketones is 1. The number of carbonyl (C=O) groups excluding carboxylic acids is 2. The molecule has 0 saturated heterocycles. The maximum atomic E-state index is 12.0. The Labute approximate surface area is 105 Å². The van der Waals surface area contributed by atoms with Gasteiger partial charge in [-0.2, -0.15) is 0 Å². The van der Waals surface area contributed by atoms with Crippen molar-refractivity contribution in [3.8, 4) is 0 Å². The second-order valence-electron chi connectivity index (χ2n) is 4.15. The van der Waals surface area contributed by atoms with Crippen molar-refractivity contribution in [2.75, 3.05) is 13.6 Å². The van der Waals surface area contributed by atoms with Crippen LogP contribution in [-0.2, 0) is 11.8 Å². The molecule has 0 spiro atoms. The Kier molecular flexibility index (Phi) is 4.25. The molecule has 0 aliphatic carbocycles. The van der Waals surface area contributed by atoms with Gasteiger partial charge in [-0.3, -0.25) is 14.4 Å². The van der Waals surface area contributed by atoms with Gasteiger partial charge < -0.3 is 14.6 Å². The summed E-state index contributed by atoms with van der Waals surface area (Å²) < 4.78 is 1.57. The number of hydrogen-bond donors (Lipinski definition) is 1. The van der Waals surface area contributed by atoms with Crippen LogP contribution in [0.1, 0.15) is 34.2 Å². The molecule has 1 heterocycles. The van der Waals surface area contributed by atoms with Crippen molar-refractivity contribution in [1.82, 2.24) is 9.47 Å². The van der Waals surface area contributed by atoms with Crippen molar-refractivity contribution in [3.05, 3.63) is 23.5 Å². The van der Waals surface area contributed by atoms with E-state index in [0.29, 0.717) is 11.3 Å². The molecule has 0 radical (unpaired) electrons. The zero-order valence-corrected chi connectivity index (χ0v) is 10.6. The number of rotatable bonds is 5. The van der Waals surface area contributed by atoms with Crippen LogP contribution in [-0.4, -0.2) is 45.8 Å². The summed E-state index contributed by atoms with van der Waals surface area (Å²) in [6.07, 6.45) is 1.48. The number of Topliss-reactive ketones (excluding diaryl/α,β-unsaturated/α-hetero) is 1. The van der Waals surface area contributed by atoms with Gasteiger partial charge in [0, 0.05) is 32.4 Å². The highest BCUT2D eigenvalue weighted by Gasteiger charge is 2.17. The molecule has 0 aromatic carbocycles. The third-order valence-corrected chi connectivity index (χ3v) is 2.64. The molecule has 1 aromatic rings. The molecule has 0 fully saturated rings. The zero-order chi connectivity index (χ0) is 13.9. The maximum Gasteiger partial charge on any atom is 0.305 e. The second-order valence-corrected chi connectivity index (χ2v) is 4.15. The first-order valence-corrected chi connectivity index (χ1v) is 5.47. The highest BCUT2D eigenvalue weighted by atomic mass is 16.4.